The van der Waals surface area contributed by atoms with E-state index in [9.17, 15) is 4.79 Å². The molecule has 0 bridgehead atoms. The quantitative estimate of drug-likeness (QED) is 0.620. The fourth-order valence-corrected chi connectivity index (χ4v) is 1.39. The van der Waals surface area contributed by atoms with Crippen LogP contribution in [0.1, 0.15) is 46.0 Å². The lowest BCUT2D eigenvalue weighted by atomic mass is 10.1. The van der Waals surface area contributed by atoms with Crippen LogP contribution in [0.2, 0.25) is 0 Å². The van der Waals surface area contributed by atoms with Crippen LogP contribution in [-0.2, 0) is 9.53 Å². The molecule has 4 nitrogen and oxygen atoms in total. The molecule has 0 aromatic rings. The molecular formula is C12H23O4. The van der Waals surface area contributed by atoms with Crippen molar-refractivity contribution < 1.29 is 19.7 Å². The summed E-state index contributed by atoms with van der Waals surface area (Å²) in [6, 6.07) is 0. The van der Waals surface area contributed by atoms with E-state index >= 15 is 0 Å². The molecule has 2 N–H and O–H groups in total. The fraction of sp³-hybridized carbons (Fsp3) is 0.833. The normalized spacial score (nSPS) is 16.6. The van der Waals surface area contributed by atoms with Crippen molar-refractivity contribution in [1.29, 1.82) is 0 Å². The van der Waals surface area contributed by atoms with Gasteiger partial charge in [-0.15, -0.1) is 0 Å². The van der Waals surface area contributed by atoms with Crippen LogP contribution in [0.4, 0.5) is 0 Å². The molecule has 0 aliphatic carbocycles. The molecule has 0 saturated heterocycles. The molecule has 16 heavy (non-hydrogen) atoms. The molecule has 3 atom stereocenters. The third-order valence-corrected chi connectivity index (χ3v) is 2.19. The molecule has 0 aliphatic rings. The van der Waals surface area contributed by atoms with Crippen molar-refractivity contribution in [2.45, 2.75) is 64.3 Å². The number of hydrogen-bond acceptors (Lipinski definition) is 4. The summed E-state index contributed by atoms with van der Waals surface area (Å²) in [7, 11) is 0. The smallest absolute Gasteiger partial charge is 0.308 e. The minimum Gasteiger partial charge on any atom is -0.462 e. The standard InChI is InChI=1S/C12H23O4/c1-4-5-11(7-6-9(2)13)16-12(15)8-10(3)14/h9-11,13-14H,1,4-8H2,2-3H3. The Kier molecular flexibility index (Phi) is 8.21. The zero-order chi connectivity index (χ0) is 12.6. The predicted octanol–water partition coefficient (Wildman–Crippen LogP) is 1.44. The van der Waals surface area contributed by atoms with E-state index in [4.69, 9.17) is 14.9 Å². The topological polar surface area (TPSA) is 66.8 Å². The van der Waals surface area contributed by atoms with E-state index in [2.05, 4.69) is 6.92 Å². The summed E-state index contributed by atoms with van der Waals surface area (Å²) in [6.45, 7) is 6.97. The van der Waals surface area contributed by atoms with E-state index in [1.807, 2.05) is 0 Å². The number of rotatable bonds is 8. The molecule has 0 aromatic heterocycles. The maximum atomic E-state index is 11.3. The Morgan fingerprint density at radius 1 is 1.19 bits per heavy atom. The van der Waals surface area contributed by atoms with Gasteiger partial charge in [0.05, 0.1) is 18.6 Å². The van der Waals surface area contributed by atoms with Gasteiger partial charge < -0.3 is 14.9 Å². The molecule has 4 heteroatoms. The van der Waals surface area contributed by atoms with Crippen LogP contribution in [0.25, 0.3) is 0 Å². The number of ether oxygens (including phenoxy) is 1. The maximum Gasteiger partial charge on any atom is 0.308 e. The van der Waals surface area contributed by atoms with Crippen LogP contribution < -0.4 is 0 Å². The van der Waals surface area contributed by atoms with Crippen LogP contribution in [-0.4, -0.2) is 34.5 Å². The number of carbonyl (C=O) groups is 1. The summed E-state index contributed by atoms with van der Waals surface area (Å²) >= 11 is 0. The van der Waals surface area contributed by atoms with Crippen LogP contribution in [0.5, 0.6) is 0 Å². The first-order valence-electron chi connectivity index (χ1n) is 5.80. The SMILES string of the molecule is [CH2]CCC(CCC(C)O)OC(=O)CC(C)O. The molecule has 1 radical (unpaired) electrons. The molecular weight excluding hydrogens is 208 g/mol. The second-order valence-electron chi connectivity index (χ2n) is 4.23. The van der Waals surface area contributed by atoms with Gasteiger partial charge in [0.25, 0.3) is 0 Å². The number of hydrogen-bond donors (Lipinski definition) is 2. The van der Waals surface area contributed by atoms with Gasteiger partial charge in [-0.3, -0.25) is 4.79 Å². The summed E-state index contributed by atoms with van der Waals surface area (Å²) < 4.78 is 5.20. The van der Waals surface area contributed by atoms with Gasteiger partial charge in [-0.1, -0.05) is 6.92 Å². The second-order valence-corrected chi connectivity index (χ2v) is 4.23. The highest BCUT2D eigenvalue weighted by atomic mass is 16.5. The molecule has 0 fully saturated rings. The maximum absolute atomic E-state index is 11.3. The summed E-state index contributed by atoms with van der Waals surface area (Å²) in [5.41, 5.74) is 0. The number of aliphatic hydroxyl groups is 2. The van der Waals surface area contributed by atoms with Gasteiger partial charge in [0, 0.05) is 0 Å². The van der Waals surface area contributed by atoms with Gasteiger partial charge in [0.1, 0.15) is 6.10 Å². The average molecular weight is 231 g/mol. The van der Waals surface area contributed by atoms with E-state index in [0.717, 1.165) is 0 Å². The monoisotopic (exact) mass is 231 g/mol. The van der Waals surface area contributed by atoms with Crippen LogP contribution in [0, 0.1) is 6.92 Å². The molecule has 0 aliphatic heterocycles. The van der Waals surface area contributed by atoms with Crippen molar-refractivity contribution in [3.05, 3.63) is 6.92 Å². The van der Waals surface area contributed by atoms with Crippen molar-refractivity contribution in [2.75, 3.05) is 0 Å². The highest BCUT2D eigenvalue weighted by Crippen LogP contribution is 2.12. The molecule has 0 saturated carbocycles. The minimum atomic E-state index is -0.676. The number of carbonyl (C=O) groups excluding carboxylic acids is 1. The summed E-state index contributed by atoms with van der Waals surface area (Å²) in [5.74, 6) is -0.390. The van der Waals surface area contributed by atoms with Gasteiger partial charge >= 0.3 is 5.97 Å². The largest absolute Gasteiger partial charge is 0.462 e. The molecule has 95 valence electrons. The third-order valence-electron chi connectivity index (χ3n) is 2.19. The number of esters is 1. The second kappa shape index (κ2) is 8.53. The van der Waals surface area contributed by atoms with Gasteiger partial charge in [0.15, 0.2) is 0 Å². The molecule has 0 amide bonds. The predicted molar refractivity (Wildman–Crippen MR) is 61.7 cm³/mol. The van der Waals surface area contributed by atoms with E-state index in [0.29, 0.717) is 25.7 Å². The Bertz CT molecular complexity index is 189. The van der Waals surface area contributed by atoms with Crippen LogP contribution >= 0.6 is 0 Å². The first-order valence-corrected chi connectivity index (χ1v) is 5.80. The van der Waals surface area contributed by atoms with E-state index in [1.165, 1.54) is 0 Å². The van der Waals surface area contributed by atoms with Gasteiger partial charge in [0.2, 0.25) is 0 Å². The number of aliphatic hydroxyl groups excluding tert-OH is 2. The Labute approximate surface area is 97.6 Å². The van der Waals surface area contributed by atoms with Crippen molar-refractivity contribution >= 4 is 5.97 Å². The van der Waals surface area contributed by atoms with E-state index < -0.39 is 6.10 Å². The average Bonchev–Trinajstić information content (AvgIpc) is 2.13. The Morgan fingerprint density at radius 3 is 2.25 bits per heavy atom. The zero-order valence-electron chi connectivity index (χ0n) is 10.2. The van der Waals surface area contributed by atoms with Crippen LogP contribution in [0.3, 0.4) is 0 Å². The Hall–Kier alpha value is -0.610. The Morgan fingerprint density at radius 2 is 1.81 bits per heavy atom. The van der Waals surface area contributed by atoms with Crippen molar-refractivity contribution in [3.8, 4) is 0 Å². The molecule has 0 aromatic carbocycles. The van der Waals surface area contributed by atoms with E-state index in [-0.39, 0.29) is 24.6 Å². The summed E-state index contributed by atoms with van der Waals surface area (Å²) in [6.07, 6.45) is 1.38. The molecule has 3 unspecified atom stereocenters. The first kappa shape index (κ1) is 15.4. The fourth-order valence-electron chi connectivity index (χ4n) is 1.39. The molecule has 0 spiro atoms. The van der Waals surface area contributed by atoms with E-state index in [1.54, 1.807) is 13.8 Å². The lowest BCUT2D eigenvalue weighted by Gasteiger charge is -2.18. The van der Waals surface area contributed by atoms with Gasteiger partial charge in [-0.25, -0.2) is 0 Å². The van der Waals surface area contributed by atoms with Crippen LogP contribution in [0.15, 0.2) is 0 Å². The van der Waals surface area contributed by atoms with Gasteiger partial charge in [-0.05, 0) is 39.5 Å². The van der Waals surface area contributed by atoms with Crippen molar-refractivity contribution in [3.63, 3.8) is 0 Å². The third kappa shape index (κ3) is 8.68. The zero-order valence-corrected chi connectivity index (χ0v) is 10.2. The highest BCUT2D eigenvalue weighted by molar-refractivity contribution is 5.70. The molecule has 0 rings (SSSR count). The first-order chi connectivity index (χ1) is 7.45. The lowest BCUT2D eigenvalue weighted by molar-refractivity contribution is -0.152. The highest BCUT2D eigenvalue weighted by Gasteiger charge is 2.15. The summed E-state index contributed by atoms with van der Waals surface area (Å²) in [5, 5.41) is 18.2. The van der Waals surface area contributed by atoms with Crippen molar-refractivity contribution in [1.82, 2.24) is 0 Å². The molecule has 0 heterocycles. The minimum absolute atomic E-state index is 0.0162. The lowest BCUT2D eigenvalue weighted by Crippen LogP contribution is -2.22. The van der Waals surface area contributed by atoms with Crippen molar-refractivity contribution in [2.24, 2.45) is 0 Å². The summed E-state index contributed by atoms with van der Waals surface area (Å²) in [4.78, 5) is 11.3. The van der Waals surface area contributed by atoms with Gasteiger partial charge in [-0.2, -0.15) is 0 Å². The Balaban J connectivity index is 3.96.